The zero-order chi connectivity index (χ0) is 19.0. The van der Waals surface area contributed by atoms with E-state index in [1.807, 2.05) is 51.1 Å². The summed E-state index contributed by atoms with van der Waals surface area (Å²) in [6, 6.07) is 9.94. The number of morpholine rings is 1. The fourth-order valence-corrected chi connectivity index (χ4v) is 4.37. The van der Waals surface area contributed by atoms with Crippen LogP contribution in [0.25, 0.3) is 0 Å². The van der Waals surface area contributed by atoms with Gasteiger partial charge in [-0.3, -0.25) is 0 Å². The van der Waals surface area contributed by atoms with Crippen LogP contribution in [0.5, 0.6) is 0 Å². The number of halogens is 1. The van der Waals surface area contributed by atoms with E-state index in [1.54, 1.807) is 0 Å². The Morgan fingerprint density at radius 1 is 1.19 bits per heavy atom. The third-order valence-electron chi connectivity index (χ3n) is 4.04. The summed E-state index contributed by atoms with van der Waals surface area (Å²) in [5.74, 6) is 0.651. The largest absolute Gasteiger partial charge is 0.373 e. The first-order valence-corrected chi connectivity index (χ1v) is 10.7. The molecule has 2 N–H and O–H groups in total. The van der Waals surface area contributed by atoms with Gasteiger partial charge in [0.2, 0.25) is 10.0 Å². The molecule has 1 heterocycles. The highest BCUT2D eigenvalue weighted by atomic mass is 127. The molecule has 1 aliphatic rings. The van der Waals surface area contributed by atoms with Crippen molar-refractivity contribution in [2.75, 3.05) is 31.9 Å². The standard InChI is InChI=1S/C18H30N4O3S.HI/c1-4-19-18(21-12-17-8-6-5-7-9-17)20-10-11-26(23,24)22-13-15(2)25-16(3)14-22;/h5-9,15-16H,4,10-14H2,1-3H3,(H2,19,20,21);1H. The molecule has 1 aromatic rings. The molecule has 9 heteroatoms. The van der Waals surface area contributed by atoms with Gasteiger partial charge >= 0.3 is 0 Å². The average molecular weight is 510 g/mol. The lowest BCUT2D eigenvalue weighted by molar-refractivity contribution is -0.0440. The van der Waals surface area contributed by atoms with Crippen LogP contribution in [0.15, 0.2) is 35.3 Å². The van der Waals surface area contributed by atoms with Crippen LogP contribution in [0, 0.1) is 0 Å². The first kappa shape index (κ1) is 24.1. The lowest BCUT2D eigenvalue weighted by atomic mass is 10.2. The lowest BCUT2D eigenvalue weighted by Crippen LogP contribution is -2.50. The summed E-state index contributed by atoms with van der Waals surface area (Å²) in [6.45, 7) is 8.17. The smallest absolute Gasteiger partial charge is 0.216 e. The van der Waals surface area contributed by atoms with Crippen LogP contribution in [0.2, 0.25) is 0 Å². The minimum Gasteiger partial charge on any atom is -0.373 e. The van der Waals surface area contributed by atoms with Gasteiger partial charge in [-0.1, -0.05) is 30.3 Å². The van der Waals surface area contributed by atoms with E-state index >= 15 is 0 Å². The number of benzene rings is 1. The normalized spacial score (nSPS) is 21.4. The number of hydrogen-bond acceptors (Lipinski definition) is 4. The number of nitrogens with zero attached hydrogens (tertiary/aromatic N) is 2. The number of aliphatic imine (C=N–C) groups is 1. The summed E-state index contributed by atoms with van der Waals surface area (Å²) in [4.78, 5) is 4.51. The maximum absolute atomic E-state index is 12.6. The predicted octanol–water partition coefficient (Wildman–Crippen LogP) is 1.80. The Labute approximate surface area is 180 Å². The number of ether oxygens (including phenoxy) is 1. The van der Waals surface area contributed by atoms with E-state index in [9.17, 15) is 8.42 Å². The molecule has 0 aromatic heterocycles. The van der Waals surface area contributed by atoms with Gasteiger partial charge in [0.05, 0.1) is 24.5 Å². The van der Waals surface area contributed by atoms with Crippen molar-refractivity contribution in [2.24, 2.45) is 4.99 Å². The molecule has 0 bridgehead atoms. The topological polar surface area (TPSA) is 83.0 Å². The van der Waals surface area contributed by atoms with E-state index in [4.69, 9.17) is 4.74 Å². The number of hydrogen-bond donors (Lipinski definition) is 2. The summed E-state index contributed by atoms with van der Waals surface area (Å²) >= 11 is 0. The van der Waals surface area contributed by atoms with Gasteiger partial charge in [-0.15, -0.1) is 24.0 Å². The third-order valence-corrected chi connectivity index (χ3v) is 5.84. The molecule has 0 aliphatic carbocycles. The molecule has 27 heavy (non-hydrogen) atoms. The first-order chi connectivity index (χ1) is 12.4. The molecule has 0 amide bonds. The zero-order valence-corrected chi connectivity index (χ0v) is 19.4. The SMILES string of the molecule is CCNC(=NCc1ccccc1)NCCS(=O)(=O)N1CC(C)OC(C)C1.I. The summed E-state index contributed by atoms with van der Waals surface area (Å²) in [7, 11) is -3.32. The molecule has 1 aliphatic heterocycles. The molecular formula is C18H31IN4O3S. The molecule has 2 rings (SSSR count). The third kappa shape index (κ3) is 8.32. The minimum atomic E-state index is -3.32. The van der Waals surface area contributed by atoms with Crippen molar-refractivity contribution < 1.29 is 13.2 Å². The molecule has 2 atom stereocenters. The molecule has 2 unspecified atom stereocenters. The van der Waals surface area contributed by atoms with Crippen LogP contribution < -0.4 is 10.6 Å². The van der Waals surface area contributed by atoms with Crippen molar-refractivity contribution >= 4 is 40.0 Å². The van der Waals surface area contributed by atoms with E-state index in [2.05, 4.69) is 15.6 Å². The monoisotopic (exact) mass is 510 g/mol. The highest BCUT2D eigenvalue weighted by Crippen LogP contribution is 2.14. The zero-order valence-electron chi connectivity index (χ0n) is 16.2. The Morgan fingerprint density at radius 2 is 1.81 bits per heavy atom. The number of nitrogens with one attached hydrogen (secondary N) is 2. The van der Waals surface area contributed by atoms with Crippen LogP contribution in [0.1, 0.15) is 26.3 Å². The highest BCUT2D eigenvalue weighted by molar-refractivity contribution is 14.0. The minimum absolute atomic E-state index is 0. The van der Waals surface area contributed by atoms with Crippen LogP contribution in [0.4, 0.5) is 0 Å². The van der Waals surface area contributed by atoms with E-state index in [0.717, 1.165) is 5.56 Å². The molecule has 0 radical (unpaired) electrons. The van der Waals surface area contributed by atoms with Crippen molar-refractivity contribution in [3.8, 4) is 0 Å². The van der Waals surface area contributed by atoms with Crippen molar-refractivity contribution in [1.82, 2.24) is 14.9 Å². The second-order valence-corrected chi connectivity index (χ2v) is 8.59. The van der Waals surface area contributed by atoms with Gasteiger partial charge in [0.25, 0.3) is 0 Å². The Morgan fingerprint density at radius 3 is 2.41 bits per heavy atom. The van der Waals surface area contributed by atoms with Gasteiger partial charge < -0.3 is 15.4 Å². The van der Waals surface area contributed by atoms with Crippen LogP contribution in [0.3, 0.4) is 0 Å². The summed E-state index contributed by atoms with van der Waals surface area (Å²) in [6.07, 6.45) is -0.155. The molecule has 1 aromatic carbocycles. The number of rotatable bonds is 7. The van der Waals surface area contributed by atoms with E-state index in [-0.39, 0.29) is 41.9 Å². The van der Waals surface area contributed by atoms with Gasteiger partial charge in [-0.25, -0.2) is 13.4 Å². The van der Waals surface area contributed by atoms with Gasteiger partial charge in [0.1, 0.15) is 0 Å². The van der Waals surface area contributed by atoms with Crippen LogP contribution in [-0.2, 0) is 21.3 Å². The summed E-state index contributed by atoms with van der Waals surface area (Å²) < 4.78 is 32.3. The molecule has 7 nitrogen and oxygen atoms in total. The Bertz CT molecular complexity index is 675. The molecule has 1 saturated heterocycles. The van der Waals surface area contributed by atoms with Crippen molar-refractivity contribution in [3.05, 3.63) is 35.9 Å². The van der Waals surface area contributed by atoms with E-state index in [0.29, 0.717) is 38.7 Å². The highest BCUT2D eigenvalue weighted by Gasteiger charge is 2.30. The van der Waals surface area contributed by atoms with Crippen LogP contribution >= 0.6 is 24.0 Å². The van der Waals surface area contributed by atoms with Gasteiger partial charge in [0.15, 0.2) is 5.96 Å². The van der Waals surface area contributed by atoms with Gasteiger partial charge in [0, 0.05) is 26.2 Å². The Kier molecular flexibility index (Phi) is 10.6. The molecule has 154 valence electrons. The maximum Gasteiger partial charge on any atom is 0.216 e. The fraction of sp³-hybridized carbons (Fsp3) is 0.611. The lowest BCUT2D eigenvalue weighted by Gasteiger charge is -2.34. The number of sulfonamides is 1. The van der Waals surface area contributed by atoms with Crippen LogP contribution in [-0.4, -0.2) is 62.8 Å². The van der Waals surface area contributed by atoms with E-state index in [1.165, 1.54) is 4.31 Å². The van der Waals surface area contributed by atoms with Gasteiger partial charge in [-0.2, -0.15) is 4.31 Å². The average Bonchev–Trinajstić information content (AvgIpc) is 2.59. The molecular weight excluding hydrogens is 479 g/mol. The van der Waals surface area contributed by atoms with E-state index < -0.39 is 10.0 Å². The van der Waals surface area contributed by atoms with Crippen molar-refractivity contribution in [1.29, 1.82) is 0 Å². The number of guanidine groups is 1. The maximum atomic E-state index is 12.6. The summed E-state index contributed by atoms with van der Waals surface area (Å²) in [5.41, 5.74) is 1.11. The predicted molar refractivity (Wildman–Crippen MR) is 120 cm³/mol. The molecule has 0 saturated carbocycles. The summed E-state index contributed by atoms with van der Waals surface area (Å²) in [5, 5.41) is 6.25. The first-order valence-electron chi connectivity index (χ1n) is 9.10. The van der Waals surface area contributed by atoms with Crippen molar-refractivity contribution in [2.45, 2.75) is 39.5 Å². The molecule has 1 fully saturated rings. The Balaban J connectivity index is 0.00000364. The quantitative estimate of drug-likeness (QED) is 0.332. The molecule has 0 spiro atoms. The second-order valence-electron chi connectivity index (χ2n) is 6.50. The van der Waals surface area contributed by atoms with Gasteiger partial charge in [-0.05, 0) is 26.3 Å². The van der Waals surface area contributed by atoms with Crippen molar-refractivity contribution in [3.63, 3.8) is 0 Å². The second kappa shape index (κ2) is 11.8. The fourth-order valence-electron chi connectivity index (χ4n) is 2.88. The Hall–Kier alpha value is -0.910.